The lowest BCUT2D eigenvalue weighted by Crippen LogP contribution is -2.31. The Morgan fingerprint density at radius 2 is 1.95 bits per heavy atom. The lowest BCUT2D eigenvalue weighted by Gasteiger charge is -2.09. The first-order valence-electron chi connectivity index (χ1n) is 7.26. The van der Waals surface area contributed by atoms with E-state index in [4.69, 9.17) is 0 Å². The molecular weight excluding hydrogens is 272 g/mol. The van der Waals surface area contributed by atoms with Crippen LogP contribution in [0.25, 0.3) is 0 Å². The zero-order valence-electron chi connectivity index (χ0n) is 12.2. The van der Waals surface area contributed by atoms with Crippen LogP contribution in [0.2, 0.25) is 0 Å². The van der Waals surface area contributed by atoms with Crippen molar-refractivity contribution >= 4 is 10.0 Å². The Morgan fingerprint density at radius 1 is 1.25 bits per heavy atom. The van der Waals surface area contributed by atoms with Gasteiger partial charge >= 0.3 is 0 Å². The van der Waals surface area contributed by atoms with Crippen molar-refractivity contribution in [2.75, 3.05) is 12.3 Å². The maximum absolute atomic E-state index is 12.0. The van der Waals surface area contributed by atoms with Gasteiger partial charge in [-0.2, -0.15) is 0 Å². The Hall–Kier alpha value is -0.910. The number of benzene rings is 1. The molecule has 2 N–H and O–H groups in total. The molecule has 0 amide bonds. The molecule has 112 valence electrons. The van der Waals surface area contributed by atoms with E-state index in [1.165, 1.54) is 5.56 Å². The monoisotopic (exact) mass is 296 g/mol. The van der Waals surface area contributed by atoms with Gasteiger partial charge in [0.15, 0.2) is 0 Å². The Morgan fingerprint density at radius 3 is 2.60 bits per heavy atom. The van der Waals surface area contributed by atoms with Gasteiger partial charge in [-0.3, -0.25) is 0 Å². The second-order valence-corrected chi connectivity index (χ2v) is 7.63. The molecule has 0 saturated heterocycles. The van der Waals surface area contributed by atoms with Crippen LogP contribution in [0.4, 0.5) is 0 Å². The SMILES string of the molecule is CC(C)NCCCS(=O)(=O)NC1CC1c1ccccc1. The lowest BCUT2D eigenvalue weighted by molar-refractivity contribution is 0.560. The molecule has 0 radical (unpaired) electrons. The second kappa shape index (κ2) is 6.70. The molecule has 0 heterocycles. The molecule has 1 aromatic rings. The summed E-state index contributed by atoms with van der Waals surface area (Å²) in [5.41, 5.74) is 1.22. The number of sulfonamides is 1. The Kier molecular flexibility index (Phi) is 5.18. The van der Waals surface area contributed by atoms with Crippen LogP contribution in [0.15, 0.2) is 30.3 Å². The van der Waals surface area contributed by atoms with Crippen LogP contribution in [0.3, 0.4) is 0 Å². The van der Waals surface area contributed by atoms with Gasteiger partial charge in [0, 0.05) is 18.0 Å². The van der Waals surface area contributed by atoms with Gasteiger partial charge in [-0.25, -0.2) is 13.1 Å². The maximum atomic E-state index is 12.0. The second-order valence-electron chi connectivity index (χ2n) is 5.76. The number of rotatable bonds is 8. The van der Waals surface area contributed by atoms with Gasteiger partial charge < -0.3 is 5.32 Å². The molecule has 2 rings (SSSR count). The molecule has 2 unspecified atom stereocenters. The highest BCUT2D eigenvalue weighted by Gasteiger charge is 2.40. The largest absolute Gasteiger partial charge is 0.314 e. The Balaban J connectivity index is 1.74. The molecule has 1 aromatic carbocycles. The van der Waals surface area contributed by atoms with Crippen LogP contribution in [0, 0.1) is 0 Å². The zero-order chi connectivity index (χ0) is 14.6. The normalized spacial score (nSPS) is 22.1. The minimum atomic E-state index is -3.15. The zero-order valence-corrected chi connectivity index (χ0v) is 13.0. The minimum absolute atomic E-state index is 0.0838. The fourth-order valence-electron chi connectivity index (χ4n) is 2.34. The smallest absolute Gasteiger partial charge is 0.211 e. The third-order valence-electron chi connectivity index (χ3n) is 3.49. The van der Waals surface area contributed by atoms with E-state index in [9.17, 15) is 8.42 Å². The molecule has 1 aliphatic carbocycles. The van der Waals surface area contributed by atoms with Crippen LogP contribution in [0.5, 0.6) is 0 Å². The first-order valence-corrected chi connectivity index (χ1v) is 8.91. The van der Waals surface area contributed by atoms with E-state index in [0.717, 1.165) is 13.0 Å². The van der Waals surface area contributed by atoms with E-state index in [1.54, 1.807) is 0 Å². The molecule has 1 fully saturated rings. The number of nitrogens with one attached hydrogen (secondary N) is 2. The third-order valence-corrected chi connectivity index (χ3v) is 4.98. The summed E-state index contributed by atoms with van der Waals surface area (Å²) in [7, 11) is -3.15. The van der Waals surface area contributed by atoms with E-state index in [1.807, 2.05) is 18.2 Å². The molecule has 20 heavy (non-hydrogen) atoms. The fraction of sp³-hybridized carbons (Fsp3) is 0.600. The van der Waals surface area contributed by atoms with Gasteiger partial charge in [-0.1, -0.05) is 44.2 Å². The molecule has 2 atom stereocenters. The van der Waals surface area contributed by atoms with Crippen molar-refractivity contribution in [2.24, 2.45) is 0 Å². The average Bonchev–Trinajstić information content (AvgIpc) is 3.14. The van der Waals surface area contributed by atoms with Crippen molar-refractivity contribution in [3.05, 3.63) is 35.9 Å². The molecule has 0 aromatic heterocycles. The molecule has 1 saturated carbocycles. The Bertz CT molecular complexity index is 514. The first-order chi connectivity index (χ1) is 9.48. The maximum Gasteiger partial charge on any atom is 0.211 e. The van der Waals surface area contributed by atoms with E-state index < -0.39 is 10.0 Å². The van der Waals surface area contributed by atoms with Gasteiger partial charge in [0.05, 0.1) is 5.75 Å². The molecule has 0 bridgehead atoms. The van der Waals surface area contributed by atoms with Gasteiger partial charge in [-0.15, -0.1) is 0 Å². The summed E-state index contributed by atoms with van der Waals surface area (Å²) in [4.78, 5) is 0. The van der Waals surface area contributed by atoms with Gasteiger partial charge in [-0.05, 0) is 24.9 Å². The summed E-state index contributed by atoms with van der Waals surface area (Å²) < 4.78 is 26.7. The van der Waals surface area contributed by atoms with E-state index in [-0.39, 0.29) is 11.8 Å². The van der Waals surface area contributed by atoms with Crippen molar-refractivity contribution in [3.8, 4) is 0 Å². The van der Waals surface area contributed by atoms with Crippen LogP contribution in [-0.4, -0.2) is 32.8 Å². The van der Waals surface area contributed by atoms with Crippen molar-refractivity contribution in [1.29, 1.82) is 0 Å². The summed E-state index contributed by atoms with van der Waals surface area (Å²) in [6.45, 7) is 4.86. The standard InChI is InChI=1S/C15H24N2O2S/c1-12(2)16-9-6-10-20(18,19)17-15-11-14(15)13-7-4-3-5-8-13/h3-5,7-8,12,14-17H,6,9-11H2,1-2H3. The highest BCUT2D eigenvalue weighted by molar-refractivity contribution is 7.89. The van der Waals surface area contributed by atoms with Crippen molar-refractivity contribution in [1.82, 2.24) is 10.0 Å². The van der Waals surface area contributed by atoms with E-state index >= 15 is 0 Å². The van der Waals surface area contributed by atoms with Crippen LogP contribution in [-0.2, 0) is 10.0 Å². The van der Waals surface area contributed by atoms with E-state index in [0.29, 0.717) is 18.4 Å². The van der Waals surface area contributed by atoms with E-state index in [2.05, 4.69) is 36.0 Å². The lowest BCUT2D eigenvalue weighted by atomic mass is 10.1. The Labute approximate surface area is 122 Å². The highest BCUT2D eigenvalue weighted by atomic mass is 32.2. The molecule has 0 spiro atoms. The molecule has 4 nitrogen and oxygen atoms in total. The molecular formula is C15H24N2O2S. The van der Waals surface area contributed by atoms with Gasteiger partial charge in [0.25, 0.3) is 0 Å². The number of hydrogen-bond acceptors (Lipinski definition) is 3. The summed E-state index contributed by atoms with van der Waals surface area (Å²) in [5.74, 6) is 0.546. The molecule has 0 aliphatic heterocycles. The third kappa shape index (κ3) is 4.89. The summed E-state index contributed by atoms with van der Waals surface area (Å²) in [5, 5.41) is 3.23. The van der Waals surface area contributed by atoms with Gasteiger partial charge in [0.2, 0.25) is 10.0 Å². The summed E-state index contributed by atoms with van der Waals surface area (Å²) in [6, 6.07) is 10.6. The summed E-state index contributed by atoms with van der Waals surface area (Å²) in [6.07, 6.45) is 1.56. The quantitative estimate of drug-likeness (QED) is 0.720. The first kappa shape index (κ1) is 15.5. The van der Waals surface area contributed by atoms with Crippen molar-refractivity contribution in [2.45, 2.75) is 44.7 Å². The van der Waals surface area contributed by atoms with Crippen LogP contribution in [0.1, 0.15) is 38.2 Å². The predicted octanol–water partition coefficient (Wildman–Crippen LogP) is 1.85. The van der Waals surface area contributed by atoms with Crippen LogP contribution >= 0.6 is 0 Å². The fourth-order valence-corrected chi connectivity index (χ4v) is 3.70. The molecule has 5 heteroatoms. The average molecular weight is 296 g/mol. The minimum Gasteiger partial charge on any atom is -0.314 e. The van der Waals surface area contributed by atoms with Crippen molar-refractivity contribution < 1.29 is 8.42 Å². The number of hydrogen-bond donors (Lipinski definition) is 2. The van der Waals surface area contributed by atoms with Crippen LogP contribution < -0.4 is 10.0 Å². The predicted molar refractivity (Wildman–Crippen MR) is 82.3 cm³/mol. The summed E-state index contributed by atoms with van der Waals surface area (Å²) >= 11 is 0. The molecule has 1 aliphatic rings. The van der Waals surface area contributed by atoms with Crippen molar-refractivity contribution in [3.63, 3.8) is 0 Å². The van der Waals surface area contributed by atoms with Gasteiger partial charge in [0.1, 0.15) is 0 Å². The topological polar surface area (TPSA) is 58.2 Å². The highest BCUT2D eigenvalue weighted by Crippen LogP contribution is 2.40.